The molecule has 0 saturated carbocycles. The molecule has 2 heterocycles. The average molecular weight is 361 g/mol. The Morgan fingerprint density at radius 1 is 1.15 bits per heavy atom. The van der Waals surface area contributed by atoms with E-state index in [0.29, 0.717) is 13.0 Å². The smallest absolute Gasteiger partial charge is 0.226 e. The highest BCUT2D eigenvalue weighted by Gasteiger charge is 2.30. The van der Waals surface area contributed by atoms with E-state index >= 15 is 0 Å². The molecule has 5 nitrogen and oxygen atoms in total. The van der Waals surface area contributed by atoms with Gasteiger partial charge in [-0.25, -0.2) is 4.68 Å². The molecule has 1 aliphatic heterocycles. The predicted molar refractivity (Wildman–Crippen MR) is 105 cm³/mol. The molecule has 1 unspecified atom stereocenters. The molecule has 0 bridgehead atoms. The van der Waals surface area contributed by atoms with Crippen molar-refractivity contribution < 1.29 is 9.53 Å². The maximum atomic E-state index is 12.3. The first-order chi connectivity index (χ1) is 13.1. The molecule has 0 radical (unpaired) electrons. The van der Waals surface area contributed by atoms with Gasteiger partial charge in [0.15, 0.2) is 0 Å². The summed E-state index contributed by atoms with van der Waals surface area (Å²) in [5.74, 6) is 1.66. The number of carbonyl (C=O) groups excluding carboxylic acids is 1. The number of rotatable bonds is 5. The number of aromatic nitrogens is 2. The standard InChI is InChI=1S/C22H23N3O2/c1-15(2)27-18-10-8-17(9-11-18)19-12-21(26)24-22-20(19)13-23-25(22)14-16-6-4-3-5-7-16/h3-11,13,15,19H,12,14H2,1-2H3,(H,24,26). The van der Waals surface area contributed by atoms with Crippen LogP contribution in [0, 0.1) is 0 Å². The lowest BCUT2D eigenvalue weighted by molar-refractivity contribution is -0.116. The Morgan fingerprint density at radius 2 is 1.89 bits per heavy atom. The summed E-state index contributed by atoms with van der Waals surface area (Å²) >= 11 is 0. The van der Waals surface area contributed by atoms with Crippen LogP contribution in [-0.2, 0) is 11.3 Å². The number of hydrogen-bond donors (Lipinski definition) is 1. The molecule has 2 aromatic carbocycles. The first kappa shape index (κ1) is 17.3. The van der Waals surface area contributed by atoms with Gasteiger partial charge in [0.05, 0.1) is 18.8 Å². The highest BCUT2D eigenvalue weighted by molar-refractivity contribution is 5.94. The van der Waals surface area contributed by atoms with E-state index in [1.165, 1.54) is 0 Å². The Labute approximate surface area is 159 Å². The van der Waals surface area contributed by atoms with Gasteiger partial charge in [-0.05, 0) is 37.1 Å². The fourth-order valence-electron chi connectivity index (χ4n) is 3.49. The molecule has 1 N–H and O–H groups in total. The lowest BCUT2D eigenvalue weighted by Gasteiger charge is -2.24. The van der Waals surface area contributed by atoms with Gasteiger partial charge in [-0.15, -0.1) is 0 Å². The molecule has 1 amide bonds. The van der Waals surface area contributed by atoms with Gasteiger partial charge in [-0.3, -0.25) is 4.79 Å². The third-order valence-corrected chi connectivity index (χ3v) is 4.72. The Bertz CT molecular complexity index is 930. The maximum absolute atomic E-state index is 12.3. The number of hydrogen-bond acceptors (Lipinski definition) is 3. The fourth-order valence-corrected chi connectivity index (χ4v) is 3.49. The predicted octanol–water partition coefficient (Wildman–Crippen LogP) is 4.19. The quantitative estimate of drug-likeness (QED) is 0.741. The molecule has 138 valence electrons. The maximum Gasteiger partial charge on any atom is 0.226 e. The number of amides is 1. The van der Waals surface area contributed by atoms with Crippen LogP contribution in [0.5, 0.6) is 5.75 Å². The van der Waals surface area contributed by atoms with Crippen LogP contribution in [0.3, 0.4) is 0 Å². The molecule has 3 aromatic rings. The van der Waals surface area contributed by atoms with Gasteiger partial charge in [0.25, 0.3) is 0 Å². The average Bonchev–Trinajstić information content (AvgIpc) is 3.05. The monoisotopic (exact) mass is 361 g/mol. The second-order valence-electron chi connectivity index (χ2n) is 7.13. The zero-order valence-corrected chi connectivity index (χ0v) is 15.6. The molecule has 1 aromatic heterocycles. The summed E-state index contributed by atoms with van der Waals surface area (Å²) < 4.78 is 7.59. The number of nitrogens with one attached hydrogen (secondary N) is 1. The SMILES string of the molecule is CC(C)Oc1ccc(C2CC(=O)Nc3c2cnn3Cc2ccccc2)cc1. The molecule has 5 heteroatoms. The van der Waals surface area contributed by atoms with E-state index in [4.69, 9.17) is 4.74 Å². The molecule has 1 atom stereocenters. The Kier molecular flexibility index (Phi) is 4.67. The minimum atomic E-state index is 0.00590. The van der Waals surface area contributed by atoms with Gasteiger partial charge in [-0.1, -0.05) is 42.5 Å². The van der Waals surface area contributed by atoms with Crippen LogP contribution in [0.2, 0.25) is 0 Å². The van der Waals surface area contributed by atoms with Crippen molar-refractivity contribution in [1.29, 1.82) is 0 Å². The van der Waals surface area contributed by atoms with Crippen LogP contribution < -0.4 is 10.1 Å². The zero-order valence-electron chi connectivity index (χ0n) is 15.6. The first-order valence-electron chi connectivity index (χ1n) is 9.26. The highest BCUT2D eigenvalue weighted by atomic mass is 16.5. The molecule has 0 spiro atoms. The summed E-state index contributed by atoms with van der Waals surface area (Å²) in [4.78, 5) is 12.3. The third-order valence-electron chi connectivity index (χ3n) is 4.72. The summed E-state index contributed by atoms with van der Waals surface area (Å²) in [5.41, 5.74) is 3.31. The zero-order chi connectivity index (χ0) is 18.8. The van der Waals surface area contributed by atoms with Crippen molar-refractivity contribution in [2.45, 2.75) is 38.8 Å². The van der Waals surface area contributed by atoms with Gasteiger partial charge >= 0.3 is 0 Å². The molecular weight excluding hydrogens is 338 g/mol. The van der Waals surface area contributed by atoms with Crippen molar-refractivity contribution in [2.75, 3.05) is 5.32 Å². The summed E-state index contributed by atoms with van der Waals surface area (Å²) in [6.45, 7) is 4.64. The van der Waals surface area contributed by atoms with Crippen LogP contribution in [0.1, 0.15) is 42.9 Å². The number of carbonyl (C=O) groups is 1. The van der Waals surface area contributed by atoms with Gasteiger partial charge in [0, 0.05) is 17.9 Å². The largest absolute Gasteiger partial charge is 0.491 e. The number of ether oxygens (including phenoxy) is 1. The van der Waals surface area contributed by atoms with E-state index in [1.54, 1.807) is 0 Å². The highest BCUT2D eigenvalue weighted by Crippen LogP contribution is 2.37. The summed E-state index contributed by atoms with van der Waals surface area (Å²) in [6.07, 6.45) is 2.44. The van der Waals surface area contributed by atoms with Crippen molar-refractivity contribution in [3.8, 4) is 5.75 Å². The van der Waals surface area contributed by atoms with Crippen molar-refractivity contribution in [2.24, 2.45) is 0 Å². The molecular formula is C22H23N3O2. The van der Waals surface area contributed by atoms with Gasteiger partial charge in [-0.2, -0.15) is 5.10 Å². The lowest BCUT2D eigenvalue weighted by Crippen LogP contribution is -2.25. The van der Waals surface area contributed by atoms with Crippen LogP contribution in [0.25, 0.3) is 0 Å². The van der Waals surface area contributed by atoms with E-state index in [-0.39, 0.29) is 17.9 Å². The molecule has 0 fully saturated rings. The lowest BCUT2D eigenvalue weighted by atomic mass is 9.87. The molecule has 1 aliphatic rings. The minimum Gasteiger partial charge on any atom is -0.491 e. The van der Waals surface area contributed by atoms with Gasteiger partial charge in [0.2, 0.25) is 5.91 Å². The second kappa shape index (κ2) is 7.27. The van der Waals surface area contributed by atoms with Crippen molar-refractivity contribution >= 4 is 11.7 Å². The number of nitrogens with zero attached hydrogens (tertiary/aromatic N) is 2. The van der Waals surface area contributed by atoms with Gasteiger partial charge < -0.3 is 10.1 Å². The van der Waals surface area contributed by atoms with Gasteiger partial charge in [0.1, 0.15) is 11.6 Å². The van der Waals surface area contributed by atoms with E-state index < -0.39 is 0 Å². The van der Waals surface area contributed by atoms with Crippen LogP contribution in [0.15, 0.2) is 60.8 Å². The van der Waals surface area contributed by atoms with Crippen molar-refractivity contribution in [1.82, 2.24) is 9.78 Å². The van der Waals surface area contributed by atoms with E-state index in [9.17, 15) is 4.79 Å². The summed E-state index contributed by atoms with van der Waals surface area (Å²) in [6, 6.07) is 18.1. The fraction of sp³-hybridized carbons (Fsp3) is 0.273. The minimum absolute atomic E-state index is 0.00590. The van der Waals surface area contributed by atoms with E-state index in [0.717, 1.165) is 28.3 Å². The van der Waals surface area contributed by atoms with Crippen LogP contribution in [0.4, 0.5) is 5.82 Å². The van der Waals surface area contributed by atoms with Crippen molar-refractivity contribution in [3.63, 3.8) is 0 Å². The second-order valence-corrected chi connectivity index (χ2v) is 7.13. The summed E-state index contributed by atoms with van der Waals surface area (Å²) in [5, 5.41) is 7.54. The number of anilines is 1. The molecule has 0 saturated heterocycles. The molecule has 0 aliphatic carbocycles. The van der Waals surface area contributed by atoms with E-state index in [2.05, 4.69) is 22.5 Å². The van der Waals surface area contributed by atoms with Crippen LogP contribution in [-0.4, -0.2) is 21.8 Å². The topological polar surface area (TPSA) is 56.1 Å². The third kappa shape index (κ3) is 3.72. The number of fused-ring (bicyclic) bond motifs is 1. The molecule has 4 rings (SSSR count). The normalized spacial score (nSPS) is 16.1. The Balaban J connectivity index is 1.62. The Morgan fingerprint density at radius 3 is 2.59 bits per heavy atom. The number of benzene rings is 2. The summed E-state index contributed by atoms with van der Waals surface area (Å²) in [7, 11) is 0. The Hall–Kier alpha value is -3.08. The van der Waals surface area contributed by atoms with E-state index in [1.807, 2.05) is 67.2 Å². The molecule has 27 heavy (non-hydrogen) atoms. The van der Waals surface area contributed by atoms with Crippen LogP contribution >= 0.6 is 0 Å². The first-order valence-corrected chi connectivity index (χ1v) is 9.26. The van der Waals surface area contributed by atoms with Crippen molar-refractivity contribution in [3.05, 3.63) is 77.5 Å².